The Labute approximate surface area is 103 Å². The van der Waals surface area contributed by atoms with Crippen LogP contribution >= 0.6 is 0 Å². The molecule has 0 radical (unpaired) electrons. The molecule has 0 saturated carbocycles. The molecule has 2 heterocycles. The van der Waals surface area contributed by atoms with Crippen LogP contribution in [0.5, 0.6) is 0 Å². The lowest BCUT2D eigenvalue weighted by molar-refractivity contribution is -0.115. The molecule has 90 valence electrons. The summed E-state index contributed by atoms with van der Waals surface area (Å²) in [5.74, 6) is -0.0597. The van der Waals surface area contributed by atoms with Crippen LogP contribution in [-0.2, 0) is 11.2 Å². The number of aromatic nitrogens is 2. The number of nitrogens with one attached hydrogen (secondary N) is 1. The number of anilines is 1. The first kappa shape index (κ1) is 10.7. The summed E-state index contributed by atoms with van der Waals surface area (Å²) in [4.78, 5) is 23.0. The van der Waals surface area contributed by atoms with Gasteiger partial charge in [0.25, 0.3) is 5.91 Å². The Morgan fingerprint density at radius 3 is 2.78 bits per heavy atom. The van der Waals surface area contributed by atoms with E-state index in [9.17, 15) is 9.59 Å². The highest BCUT2D eigenvalue weighted by Gasteiger charge is 2.25. The average molecular weight is 241 g/mol. The molecule has 0 fully saturated rings. The van der Waals surface area contributed by atoms with Gasteiger partial charge >= 0.3 is 0 Å². The molecule has 0 atom stereocenters. The predicted molar refractivity (Wildman–Crippen MR) is 65.3 cm³/mol. The number of benzene rings is 1. The van der Waals surface area contributed by atoms with Crippen molar-refractivity contribution in [1.82, 2.24) is 9.78 Å². The van der Waals surface area contributed by atoms with Crippen molar-refractivity contribution in [2.45, 2.75) is 12.8 Å². The molecule has 5 nitrogen and oxygen atoms in total. The highest BCUT2D eigenvalue weighted by molar-refractivity contribution is 6.09. The fourth-order valence-electron chi connectivity index (χ4n) is 2.04. The van der Waals surface area contributed by atoms with Gasteiger partial charge in [-0.2, -0.15) is 9.78 Å². The molecule has 5 heteroatoms. The molecule has 1 aromatic heterocycles. The fourth-order valence-corrected chi connectivity index (χ4v) is 2.04. The quantitative estimate of drug-likeness (QED) is 0.809. The van der Waals surface area contributed by atoms with Crippen molar-refractivity contribution in [1.29, 1.82) is 0 Å². The smallest absolute Gasteiger partial charge is 0.258 e. The molecule has 0 spiro atoms. The minimum Gasteiger partial charge on any atom is -0.310 e. The summed E-state index contributed by atoms with van der Waals surface area (Å²) >= 11 is 0. The molecule has 18 heavy (non-hydrogen) atoms. The average Bonchev–Trinajstić information content (AvgIpc) is 2.74. The SMILES string of the molecule is O=C1CC(=O)n2ncc(Cc3ccccc3)c2N1. The van der Waals surface area contributed by atoms with E-state index in [0.29, 0.717) is 12.2 Å². The van der Waals surface area contributed by atoms with Crippen molar-refractivity contribution in [3.8, 4) is 0 Å². The van der Waals surface area contributed by atoms with Crippen LogP contribution in [0.3, 0.4) is 0 Å². The third-order valence-corrected chi connectivity index (χ3v) is 2.89. The number of hydrogen-bond donors (Lipinski definition) is 1. The zero-order chi connectivity index (χ0) is 12.5. The largest absolute Gasteiger partial charge is 0.310 e. The zero-order valence-corrected chi connectivity index (χ0v) is 9.59. The number of carbonyl (C=O) groups excluding carboxylic acids is 2. The minimum absolute atomic E-state index is 0.139. The number of nitrogens with zero attached hydrogens (tertiary/aromatic N) is 2. The highest BCUT2D eigenvalue weighted by atomic mass is 16.2. The molecule has 1 aliphatic rings. The van der Waals surface area contributed by atoms with Crippen molar-refractivity contribution < 1.29 is 9.59 Å². The maximum Gasteiger partial charge on any atom is 0.258 e. The maximum absolute atomic E-state index is 11.6. The van der Waals surface area contributed by atoms with Gasteiger partial charge in [-0.1, -0.05) is 30.3 Å². The predicted octanol–water partition coefficient (Wildman–Crippen LogP) is 1.46. The molecule has 0 aliphatic carbocycles. The van der Waals surface area contributed by atoms with Gasteiger partial charge in [-0.25, -0.2) is 0 Å². The lowest BCUT2D eigenvalue weighted by Crippen LogP contribution is -2.30. The van der Waals surface area contributed by atoms with E-state index in [-0.39, 0.29) is 18.2 Å². The summed E-state index contributed by atoms with van der Waals surface area (Å²) < 4.78 is 1.26. The van der Waals surface area contributed by atoms with Gasteiger partial charge in [0.1, 0.15) is 12.2 Å². The first-order chi connectivity index (χ1) is 8.74. The van der Waals surface area contributed by atoms with Gasteiger partial charge in [-0.15, -0.1) is 0 Å². The molecule has 1 aliphatic heterocycles. The van der Waals surface area contributed by atoms with Crippen molar-refractivity contribution in [2.75, 3.05) is 5.32 Å². The fraction of sp³-hybridized carbons (Fsp3) is 0.154. The first-order valence-corrected chi connectivity index (χ1v) is 5.68. The van der Waals surface area contributed by atoms with E-state index in [4.69, 9.17) is 0 Å². The standard InChI is InChI=1S/C13H11N3O2/c17-11-7-12(18)16-13(15-11)10(8-14-16)6-9-4-2-1-3-5-9/h1-5,8H,6-7H2,(H,15,17). The summed E-state index contributed by atoms with van der Waals surface area (Å²) in [7, 11) is 0. The molecule has 1 amide bonds. The van der Waals surface area contributed by atoms with Gasteiger partial charge in [0.15, 0.2) is 0 Å². The zero-order valence-electron chi connectivity index (χ0n) is 9.59. The minimum atomic E-state index is -0.284. The van der Waals surface area contributed by atoms with E-state index in [0.717, 1.165) is 11.1 Å². The van der Waals surface area contributed by atoms with Crippen molar-refractivity contribution in [3.05, 3.63) is 47.7 Å². The van der Waals surface area contributed by atoms with Gasteiger partial charge in [0, 0.05) is 12.0 Å². The second kappa shape index (κ2) is 4.10. The van der Waals surface area contributed by atoms with Gasteiger partial charge in [0.05, 0.1) is 6.20 Å². The van der Waals surface area contributed by atoms with E-state index in [2.05, 4.69) is 10.4 Å². The van der Waals surface area contributed by atoms with Crippen LogP contribution in [0.4, 0.5) is 5.82 Å². The molecule has 0 unspecified atom stereocenters. The molecule has 1 N–H and O–H groups in total. The Balaban J connectivity index is 1.95. The molecule has 2 aromatic rings. The van der Waals surface area contributed by atoms with Gasteiger partial charge in [-0.3, -0.25) is 9.59 Å². The van der Waals surface area contributed by atoms with Gasteiger partial charge in [-0.05, 0) is 5.56 Å². The van der Waals surface area contributed by atoms with E-state index in [1.165, 1.54) is 4.68 Å². The summed E-state index contributed by atoms with van der Waals surface area (Å²) in [6, 6.07) is 9.85. The number of carbonyl (C=O) groups is 2. The summed E-state index contributed by atoms with van der Waals surface area (Å²) in [6.45, 7) is 0. The Morgan fingerprint density at radius 1 is 1.22 bits per heavy atom. The number of fused-ring (bicyclic) bond motifs is 1. The van der Waals surface area contributed by atoms with Crippen LogP contribution in [0.25, 0.3) is 0 Å². The Kier molecular flexibility index (Phi) is 2.44. The van der Waals surface area contributed by atoms with E-state index >= 15 is 0 Å². The van der Waals surface area contributed by atoms with Crippen LogP contribution < -0.4 is 5.32 Å². The summed E-state index contributed by atoms with van der Waals surface area (Å²) in [5.41, 5.74) is 1.96. The van der Waals surface area contributed by atoms with Crippen LogP contribution in [0.2, 0.25) is 0 Å². The third kappa shape index (κ3) is 1.79. The number of rotatable bonds is 2. The number of amides is 1. The van der Waals surface area contributed by atoms with Gasteiger partial charge < -0.3 is 5.32 Å². The van der Waals surface area contributed by atoms with Crippen LogP contribution in [0.15, 0.2) is 36.5 Å². The summed E-state index contributed by atoms with van der Waals surface area (Å²) in [6.07, 6.45) is 2.13. The van der Waals surface area contributed by atoms with Crippen LogP contribution in [0, 0.1) is 0 Å². The number of hydrogen-bond acceptors (Lipinski definition) is 3. The molecular weight excluding hydrogens is 230 g/mol. The highest BCUT2D eigenvalue weighted by Crippen LogP contribution is 2.22. The first-order valence-electron chi connectivity index (χ1n) is 5.68. The van der Waals surface area contributed by atoms with Gasteiger partial charge in [0.2, 0.25) is 5.91 Å². The van der Waals surface area contributed by atoms with Crippen molar-refractivity contribution in [2.24, 2.45) is 0 Å². The molecule has 3 rings (SSSR count). The second-order valence-corrected chi connectivity index (χ2v) is 4.21. The maximum atomic E-state index is 11.6. The van der Waals surface area contributed by atoms with E-state index in [1.807, 2.05) is 30.3 Å². The Hall–Kier alpha value is -2.43. The van der Waals surface area contributed by atoms with Crippen molar-refractivity contribution in [3.63, 3.8) is 0 Å². The molecule has 1 aromatic carbocycles. The van der Waals surface area contributed by atoms with Crippen molar-refractivity contribution >= 4 is 17.6 Å². The lowest BCUT2D eigenvalue weighted by atomic mass is 10.1. The summed E-state index contributed by atoms with van der Waals surface area (Å²) in [5, 5.41) is 6.72. The normalized spacial score (nSPS) is 14.2. The van der Waals surface area contributed by atoms with Crippen LogP contribution in [-0.4, -0.2) is 21.6 Å². The van der Waals surface area contributed by atoms with Crippen LogP contribution in [0.1, 0.15) is 22.3 Å². The monoisotopic (exact) mass is 241 g/mol. The topological polar surface area (TPSA) is 64.0 Å². The molecule has 0 bridgehead atoms. The second-order valence-electron chi connectivity index (χ2n) is 4.21. The van der Waals surface area contributed by atoms with E-state index in [1.54, 1.807) is 6.20 Å². The molecular formula is C13H11N3O2. The lowest BCUT2D eigenvalue weighted by Gasteiger charge is -2.14. The Bertz CT molecular complexity index is 616. The third-order valence-electron chi connectivity index (χ3n) is 2.89. The van der Waals surface area contributed by atoms with E-state index < -0.39 is 0 Å². The Morgan fingerprint density at radius 2 is 2.00 bits per heavy atom. The molecule has 0 saturated heterocycles.